The zero-order chi connectivity index (χ0) is 15.3. The molecule has 0 heterocycles. The Kier molecular flexibility index (Phi) is 4.70. The summed E-state index contributed by atoms with van der Waals surface area (Å²) < 4.78 is 61.5. The highest BCUT2D eigenvalue weighted by Gasteiger charge is 2.27. The van der Waals surface area contributed by atoms with Gasteiger partial charge in [0.1, 0.15) is 0 Å². The average molecular weight is 314 g/mol. The summed E-state index contributed by atoms with van der Waals surface area (Å²) in [5.41, 5.74) is 0. The van der Waals surface area contributed by atoms with Crippen LogP contribution in [0.2, 0.25) is 0 Å². The lowest BCUT2D eigenvalue weighted by Crippen LogP contribution is -2.01. The molecule has 7 heteroatoms. The summed E-state index contributed by atoms with van der Waals surface area (Å²) in [5, 5.41) is 0. The van der Waals surface area contributed by atoms with Gasteiger partial charge < -0.3 is 9.05 Å². The summed E-state index contributed by atoms with van der Waals surface area (Å²) >= 11 is 0. The molecule has 2 aromatic rings. The van der Waals surface area contributed by atoms with Crippen LogP contribution >= 0.6 is 7.60 Å². The van der Waals surface area contributed by atoms with Crippen molar-refractivity contribution in [2.75, 3.05) is 0 Å². The molecule has 0 aliphatic heterocycles. The fraction of sp³-hybridized carbons (Fsp3) is 0. The van der Waals surface area contributed by atoms with Crippen molar-refractivity contribution in [3.63, 3.8) is 0 Å². The van der Waals surface area contributed by atoms with E-state index in [1.807, 2.05) is 0 Å². The maximum Gasteiger partial charge on any atom is 0.458 e. The van der Waals surface area contributed by atoms with Gasteiger partial charge in [-0.15, -0.1) is 0 Å². The Bertz CT molecular complexity index is 652. The van der Waals surface area contributed by atoms with Gasteiger partial charge in [0.2, 0.25) is 0 Å². The first-order valence-electron chi connectivity index (χ1n) is 5.80. The first-order chi connectivity index (χ1) is 10.0. The van der Waals surface area contributed by atoms with E-state index in [9.17, 15) is 17.7 Å². The lowest BCUT2D eigenvalue weighted by atomic mass is 10.3. The van der Waals surface area contributed by atoms with Crippen LogP contribution in [0.3, 0.4) is 0 Å². The van der Waals surface area contributed by atoms with Crippen molar-refractivity contribution in [1.29, 1.82) is 0 Å². The van der Waals surface area contributed by atoms with Gasteiger partial charge in [0.15, 0.2) is 23.1 Å². The minimum absolute atomic E-state index is 0.0670. The Morgan fingerprint density at radius 1 is 0.857 bits per heavy atom. The highest BCUT2D eigenvalue weighted by atomic mass is 31.2. The standard InChI is InChI=1S/C14H10F3O3P/c15-9-10-21(18,19-13-7-3-1-5-11(13)16)20-14-8-4-2-6-12(14)17/h1-10H. The van der Waals surface area contributed by atoms with E-state index in [4.69, 9.17) is 9.05 Å². The highest BCUT2D eigenvalue weighted by molar-refractivity contribution is 7.58. The van der Waals surface area contributed by atoms with Crippen LogP contribution in [0.15, 0.2) is 60.7 Å². The molecule has 0 aromatic heterocycles. The predicted molar refractivity (Wildman–Crippen MR) is 71.9 cm³/mol. The molecule has 0 N–H and O–H groups in total. The summed E-state index contributed by atoms with van der Waals surface area (Å²) in [7, 11) is -4.25. The molecule has 3 nitrogen and oxygen atoms in total. The first-order valence-corrected chi connectivity index (χ1v) is 7.41. The van der Waals surface area contributed by atoms with E-state index in [1.165, 1.54) is 36.4 Å². The van der Waals surface area contributed by atoms with E-state index in [0.29, 0.717) is 5.82 Å². The fourth-order valence-corrected chi connectivity index (χ4v) is 2.60. The van der Waals surface area contributed by atoms with Gasteiger partial charge in [0, 0.05) is 0 Å². The number of benzene rings is 2. The SMILES string of the molecule is O=P(C=CF)(Oc1ccccc1F)Oc1ccccc1F. The van der Waals surface area contributed by atoms with Crippen molar-refractivity contribution in [3.8, 4) is 11.5 Å². The Balaban J connectivity index is 2.31. The van der Waals surface area contributed by atoms with Crippen LogP contribution in [-0.4, -0.2) is 0 Å². The first kappa shape index (κ1) is 15.2. The summed E-state index contributed by atoms with van der Waals surface area (Å²) in [5.74, 6) is -1.92. The smallest absolute Gasteiger partial charge is 0.410 e. The molecule has 0 aliphatic rings. The van der Waals surface area contributed by atoms with Gasteiger partial charge in [-0.25, -0.2) is 17.7 Å². The molecule has 0 bridgehead atoms. The Hall–Kier alpha value is -2.20. The average Bonchev–Trinajstić information content (AvgIpc) is 2.44. The summed E-state index contributed by atoms with van der Waals surface area (Å²) in [6, 6.07) is 10.2. The van der Waals surface area contributed by atoms with Crippen molar-refractivity contribution < 1.29 is 26.8 Å². The fourth-order valence-electron chi connectivity index (χ4n) is 1.46. The van der Waals surface area contributed by atoms with Crippen molar-refractivity contribution in [2.24, 2.45) is 0 Å². The number of halogens is 3. The van der Waals surface area contributed by atoms with Gasteiger partial charge in [0.05, 0.1) is 12.1 Å². The molecular weight excluding hydrogens is 304 g/mol. The molecule has 0 amide bonds. The molecule has 110 valence electrons. The van der Waals surface area contributed by atoms with E-state index >= 15 is 0 Å². The molecule has 0 spiro atoms. The zero-order valence-electron chi connectivity index (χ0n) is 10.6. The molecule has 0 aliphatic carbocycles. The zero-order valence-corrected chi connectivity index (χ0v) is 11.5. The molecule has 0 radical (unpaired) electrons. The second-order valence-electron chi connectivity index (χ2n) is 3.86. The third-order valence-corrected chi connectivity index (χ3v) is 3.74. The number of rotatable bonds is 5. The number of hydrogen-bond donors (Lipinski definition) is 0. The second-order valence-corrected chi connectivity index (χ2v) is 5.60. The van der Waals surface area contributed by atoms with Crippen molar-refractivity contribution >= 4 is 7.60 Å². The number of para-hydroxylation sites is 2. The van der Waals surface area contributed by atoms with E-state index < -0.39 is 30.7 Å². The molecule has 2 rings (SSSR count). The maximum atomic E-state index is 13.5. The highest BCUT2D eigenvalue weighted by Crippen LogP contribution is 2.50. The van der Waals surface area contributed by atoms with E-state index in [0.717, 1.165) is 12.1 Å². The third kappa shape index (κ3) is 3.89. The lowest BCUT2D eigenvalue weighted by molar-refractivity contribution is 0.377. The van der Waals surface area contributed by atoms with Gasteiger partial charge in [-0.05, 0) is 24.3 Å². The van der Waals surface area contributed by atoms with Crippen LogP contribution in [0, 0.1) is 11.6 Å². The molecule has 0 unspecified atom stereocenters. The molecule has 0 atom stereocenters. The number of hydrogen-bond acceptors (Lipinski definition) is 3. The quantitative estimate of drug-likeness (QED) is 0.724. The lowest BCUT2D eigenvalue weighted by Gasteiger charge is -2.17. The largest absolute Gasteiger partial charge is 0.458 e. The summed E-state index contributed by atoms with van der Waals surface area (Å²) in [6.45, 7) is 0. The monoisotopic (exact) mass is 314 g/mol. The summed E-state index contributed by atoms with van der Waals surface area (Å²) in [6.07, 6.45) is -0.0670. The van der Waals surface area contributed by atoms with Gasteiger partial charge in [-0.3, -0.25) is 0 Å². The van der Waals surface area contributed by atoms with Crippen molar-refractivity contribution in [3.05, 3.63) is 72.3 Å². The Morgan fingerprint density at radius 3 is 1.67 bits per heavy atom. The Morgan fingerprint density at radius 2 is 1.29 bits per heavy atom. The van der Waals surface area contributed by atoms with Gasteiger partial charge in [0.25, 0.3) is 0 Å². The topological polar surface area (TPSA) is 35.5 Å². The van der Waals surface area contributed by atoms with E-state index in [2.05, 4.69) is 0 Å². The molecule has 21 heavy (non-hydrogen) atoms. The van der Waals surface area contributed by atoms with Crippen LogP contribution in [0.4, 0.5) is 13.2 Å². The van der Waals surface area contributed by atoms with Gasteiger partial charge >= 0.3 is 7.60 Å². The Labute approximate surface area is 119 Å². The molecule has 0 saturated heterocycles. The van der Waals surface area contributed by atoms with Gasteiger partial charge in [-0.2, -0.15) is 0 Å². The van der Waals surface area contributed by atoms with Gasteiger partial charge in [-0.1, -0.05) is 24.3 Å². The molecule has 0 saturated carbocycles. The van der Waals surface area contributed by atoms with Crippen molar-refractivity contribution in [1.82, 2.24) is 0 Å². The van der Waals surface area contributed by atoms with Crippen LogP contribution in [-0.2, 0) is 4.57 Å². The van der Waals surface area contributed by atoms with E-state index in [-0.39, 0.29) is 6.33 Å². The normalized spacial score (nSPS) is 11.6. The summed E-state index contributed by atoms with van der Waals surface area (Å²) in [4.78, 5) is 0. The van der Waals surface area contributed by atoms with Crippen LogP contribution in [0.5, 0.6) is 11.5 Å². The minimum Gasteiger partial charge on any atom is -0.410 e. The second kappa shape index (κ2) is 6.50. The molecular formula is C14H10F3O3P. The predicted octanol–water partition coefficient (Wildman–Crippen LogP) is 5.06. The van der Waals surface area contributed by atoms with E-state index in [1.54, 1.807) is 0 Å². The molecule has 0 fully saturated rings. The van der Waals surface area contributed by atoms with Crippen molar-refractivity contribution in [2.45, 2.75) is 0 Å². The van der Waals surface area contributed by atoms with Crippen LogP contribution < -0.4 is 9.05 Å². The minimum atomic E-state index is -4.25. The molecule has 2 aromatic carbocycles. The van der Waals surface area contributed by atoms with Crippen LogP contribution in [0.1, 0.15) is 0 Å². The maximum absolute atomic E-state index is 13.5. The third-order valence-electron chi connectivity index (χ3n) is 2.36. The van der Waals surface area contributed by atoms with Crippen LogP contribution in [0.25, 0.3) is 0 Å².